The maximum atomic E-state index is 12.7. The van der Waals surface area contributed by atoms with Gasteiger partial charge in [-0.05, 0) is 74.4 Å². The molecular formula is C27H28N4O3S. The molecule has 4 rings (SSSR count). The van der Waals surface area contributed by atoms with Crippen molar-refractivity contribution in [1.29, 1.82) is 0 Å². The van der Waals surface area contributed by atoms with Crippen LogP contribution in [0, 0.1) is 20.8 Å². The summed E-state index contributed by atoms with van der Waals surface area (Å²) >= 11 is 1.32. The van der Waals surface area contributed by atoms with Crippen LogP contribution in [0.25, 0.3) is 5.69 Å². The fourth-order valence-corrected chi connectivity index (χ4v) is 4.23. The Hall–Kier alpha value is -3.78. The van der Waals surface area contributed by atoms with Gasteiger partial charge in [0.15, 0.2) is 11.0 Å². The van der Waals surface area contributed by atoms with Crippen molar-refractivity contribution in [2.24, 2.45) is 0 Å². The summed E-state index contributed by atoms with van der Waals surface area (Å²) in [7, 11) is 1.63. The highest BCUT2D eigenvalue weighted by Crippen LogP contribution is 2.25. The minimum Gasteiger partial charge on any atom is -0.497 e. The number of benzene rings is 3. The van der Waals surface area contributed by atoms with E-state index in [1.165, 1.54) is 11.8 Å². The normalized spacial score (nSPS) is 10.7. The Bertz CT molecular complexity index is 1300. The minimum atomic E-state index is -0.106. The second-order valence-corrected chi connectivity index (χ2v) is 9.06. The van der Waals surface area contributed by atoms with Crippen LogP contribution < -0.4 is 14.8 Å². The molecule has 0 fully saturated rings. The molecule has 0 radical (unpaired) electrons. The van der Waals surface area contributed by atoms with Crippen LogP contribution in [0.15, 0.2) is 71.9 Å². The van der Waals surface area contributed by atoms with E-state index in [0.29, 0.717) is 11.0 Å². The molecule has 0 saturated carbocycles. The lowest BCUT2D eigenvalue weighted by Crippen LogP contribution is -2.15. The Balaban J connectivity index is 1.52. The van der Waals surface area contributed by atoms with Gasteiger partial charge < -0.3 is 14.8 Å². The Kier molecular flexibility index (Phi) is 7.72. The van der Waals surface area contributed by atoms with Gasteiger partial charge in [0.25, 0.3) is 0 Å². The summed E-state index contributed by atoms with van der Waals surface area (Å²) in [5.74, 6) is 2.22. The lowest BCUT2D eigenvalue weighted by molar-refractivity contribution is -0.113. The molecule has 8 heteroatoms. The number of aryl methyl sites for hydroxylation is 2. The molecule has 3 aromatic carbocycles. The van der Waals surface area contributed by atoms with Crippen LogP contribution in [0.1, 0.15) is 22.5 Å². The van der Waals surface area contributed by atoms with Gasteiger partial charge in [-0.15, -0.1) is 10.2 Å². The smallest absolute Gasteiger partial charge is 0.234 e. The third kappa shape index (κ3) is 6.02. The number of hydrogen-bond donors (Lipinski definition) is 1. The molecule has 0 saturated heterocycles. The number of thioether (sulfide) groups is 1. The molecule has 0 aliphatic heterocycles. The van der Waals surface area contributed by atoms with E-state index in [1.54, 1.807) is 7.11 Å². The highest BCUT2D eigenvalue weighted by atomic mass is 32.2. The number of amides is 1. The second-order valence-electron chi connectivity index (χ2n) is 8.12. The van der Waals surface area contributed by atoms with Crippen LogP contribution in [0.2, 0.25) is 0 Å². The quantitative estimate of drug-likeness (QED) is 0.313. The van der Waals surface area contributed by atoms with Gasteiger partial charge in [0.1, 0.15) is 18.1 Å². The molecule has 0 aliphatic rings. The van der Waals surface area contributed by atoms with Crippen molar-refractivity contribution in [3.63, 3.8) is 0 Å². The summed E-state index contributed by atoms with van der Waals surface area (Å²) < 4.78 is 13.2. The number of ether oxygens (including phenoxy) is 2. The van der Waals surface area contributed by atoms with E-state index in [1.807, 2.05) is 92.1 Å². The Morgan fingerprint density at radius 2 is 1.66 bits per heavy atom. The zero-order valence-corrected chi connectivity index (χ0v) is 21.1. The van der Waals surface area contributed by atoms with E-state index in [2.05, 4.69) is 15.5 Å². The predicted octanol–water partition coefficient (Wildman–Crippen LogP) is 5.51. The third-order valence-electron chi connectivity index (χ3n) is 5.63. The second kappa shape index (κ2) is 11.1. The van der Waals surface area contributed by atoms with Gasteiger partial charge in [-0.1, -0.05) is 41.6 Å². The summed E-state index contributed by atoms with van der Waals surface area (Å²) in [6.45, 7) is 6.29. The first-order chi connectivity index (χ1) is 16.9. The monoisotopic (exact) mass is 488 g/mol. The van der Waals surface area contributed by atoms with Crippen LogP contribution in [0.5, 0.6) is 11.5 Å². The number of anilines is 1. The Labute approximate surface area is 209 Å². The largest absolute Gasteiger partial charge is 0.497 e. The fraction of sp³-hybridized carbons (Fsp3) is 0.222. The van der Waals surface area contributed by atoms with Crippen molar-refractivity contribution in [3.05, 3.63) is 89.2 Å². The van der Waals surface area contributed by atoms with Gasteiger partial charge >= 0.3 is 0 Å². The zero-order chi connectivity index (χ0) is 24.8. The Morgan fingerprint density at radius 1 is 0.943 bits per heavy atom. The predicted molar refractivity (Wildman–Crippen MR) is 139 cm³/mol. The number of nitrogens with zero attached hydrogens (tertiary/aromatic N) is 3. The summed E-state index contributed by atoms with van der Waals surface area (Å²) in [5, 5.41) is 12.3. The number of aromatic nitrogens is 3. The highest BCUT2D eigenvalue weighted by Gasteiger charge is 2.17. The number of nitrogens with one attached hydrogen (secondary N) is 1. The standard InChI is InChI=1S/C27H28N4O3S/c1-18-8-12-23(13-9-18)34-16-25-29-30-27(31(25)21-10-14-22(33-4)15-11-21)35-17-26(32)28-24-7-5-6-19(2)20(24)3/h5-15H,16-17H2,1-4H3,(H,28,32). The van der Waals surface area contributed by atoms with E-state index in [-0.39, 0.29) is 18.3 Å². The molecule has 0 unspecified atom stereocenters. The molecule has 0 atom stereocenters. The number of methoxy groups -OCH3 is 1. The number of rotatable bonds is 9. The first-order valence-corrected chi connectivity index (χ1v) is 12.2. The molecule has 0 spiro atoms. The average molecular weight is 489 g/mol. The van der Waals surface area contributed by atoms with Crippen molar-refractivity contribution in [2.45, 2.75) is 32.5 Å². The average Bonchev–Trinajstić information content (AvgIpc) is 3.28. The van der Waals surface area contributed by atoms with Crippen LogP contribution >= 0.6 is 11.8 Å². The highest BCUT2D eigenvalue weighted by molar-refractivity contribution is 7.99. The molecule has 7 nitrogen and oxygen atoms in total. The van der Waals surface area contributed by atoms with Gasteiger partial charge in [0, 0.05) is 11.4 Å². The zero-order valence-electron chi connectivity index (χ0n) is 20.2. The SMILES string of the molecule is COc1ccc(-n2c(COc3ccc(C)cc3)nnc2SCC(=O)Nc2cccc(C)c2C)cc1. The fourth-order valence-electron chi connectivity index (χ4n) is 3.46. The number of carbonyl (C=O) groups excluding carboxylic acids is 1. The van der Waals surface area contributed by atoms with Crippen molar-refractivity contribution >= 4 is 23.4 Å². The van der Waals surface area contributed by atoms with Crippen LogP contribution in [-0.2, 0) is 11.4 Å². The summed E-state index contributed by atoms with van der Waals surface area (Å²) in [6.07, 6.45) is 0. The maximum Gasteiger partial charge on any atom is 0.234 e. The molecule has 1 heterocycles. The van der Waals surface area contributed by atoms with Gasteiger partial charge in [-0.2, -0.15) is 0 Å². The van der Waals surface area contributed by atoms with Gasteiger partial charge in [0.05, 0.1) is 12.9 Å². The van der Waals surface area contributed by atoms with Gasteiger partial charge in [-0.3, -0.25) is 9.36 Å². The van der Waals surface area contributed by atoms with E-state index >= 15 is 0 Å². The summed E-state index contributed by atoms with van der Waals surface area (Å²) in [4.78, 5) is 12.7. The van der Waals surface area contributed by atoms with Gasteiger partial charge in [-0.25, -0.2) is 0 Å². The topological polar surface area (TPSA) is 78.3 Å². The van der Waals surface area contributed by atoms with E-state index in [4.69, 9.17) is 9.47 Å². The first-order valence-electron chi connectivity index (χ1n) is 11.2. The summed E-state index contributed by atoms with van der Waals surface area (Å²) in [6, 6.07) is 21.3. The maximum absolute atomic E-state index is 12.7. The van der Waals surface area contributed by atoms with Crippen LogP contribution in [0.3, 0.4) is 0 Å². The molecule has 4 aromatic rings. The van der Waals surface area contributed by atoms with Crippen molar-refractivity contribution < 1.29 is 14.3 Å². The third-order valence-corrected chi connectivity index (χ3v) is 6.56. The van der Waals surface area contributed by atoms with Crippen molar-refractivity contribution in [1.82, 2.24) is 14.8 Å². The lowest BCUT2D eigenvalue weighted by atomic mass is 10.1. The van der Waals surface area contributed by atoms with Crippen molar-refractivity contribution in [2.75, 3.05) is 18.2 Å². The molecule has 1 amide bonds. The van der Waals surface area contributed by atoms with E-state index in [0.717, 1.165) is 39.6 Å². The number of carbonyl (C=O) groups is 1. The summed E-state index contributed by atoms with van der Waals surface area (Å²) in [5.41, 5.74) is 5.03. The molecule has 1 aromatic heterocycles. The molecular weight excluding hydrogens is 460 g/mol. The molecule has 180 valence electrons. The van der Waals surface area contributed by atoms with Gasteiger partial charge in [0.2, 0.25) is 5.91 Å². The minimum absolute atomic E-state index is 0.106. The molecule has 1 N–H and O–H groups in total. The number of hydrogen-bond acceptors (Lipinski definition) is 6. The lowest BCUT2D eigenvalue weighted by Gasteiger charge is -2.12. The molecule has 35 heavy (non-hydrogen) atoms. The molecule has 0 aliphatic carbocycles. The Morgan fingerprint density at radius 3 is 2.37 bits per heavy atom. The van der Waals surface area contributed by atoms with Crippen LogP contribution in [0.4, 0.5) is 5.69 Å². The van der Waals surface area contributed by atoms with Crippen LogP contribution in [-0.4, -0.2) is 33.5 Å². The van der Waals surface area contributed by atoms with E-state index < -0.39 is 0 Å². The van der Waals surface area contributed by atoms with E-state index in [9.17, 15) is 4.79 Å². The first kappa shape index (κ1) is 24.3. The molecule has 0 bridgehead atoms. The van der Waals surface area contributed by atoms with Crippen molar-refractivity contribution in [3.8, 4) is 17.2 Å².